The number of benzene rings is 2. The summed E-state index contributed by atoms with van der Waals surface area (Å²) in [5.41, 5.74) is 4.63. The molecule has 25 heavy (non-hydrogen) atoms. The van der Waals surface area contributed by atoms with E-state index in [-0.39, 0.29) is 18.2 Å². The molecule has 0 radical (unpaired) electrons. The molecule has 1 aromatic heterocycles. The highest BCUT2D eigenvalue weighted by molar-refractivity contribution is 5.95. The van der Waals surface area contributed by atoms with Gasteiger partial charge in [-0.15, -0.1) is 12.4 Å². The van der Waals surface area contributed by atoms with Crippen molar-refractivity contribution >= 4 is 29.7 Å². The maximum absolute atomic E-state index is 11.5. The van der Waals surface area contributed by atoms with Crippen molar-refractivity contribution in [3.63, 3.8) is 0 Å². The predicted octanol–water partition coefficient (Wildman–Crippen LogP) is 5.13. The van der Waals surface area contributed by atoms with Crippen LogP contribution in [0.1, 0.15) is 28.7 Å². The molecule has 0 aliphatic carbocycles. The number of hydrogen-bond acceptors (Lipinski definition) is 4. The molecule has 4 nitrogen and oxygen atoms in total. The van der Waals surface area contributed by atoms with Crippen molar-refractivity contribution in [2.24, 2.45) is 0 Å². The maximum Gasteiger partial charge on any atom is 0.159 e. The molecule has 0 spiro atoms. The minimum Gasteiger partial charge on any atom is -0.340 e. The molecule has 1 heterocycles. The fourth-order valence-electron chi connectivity index (χ4n) is 2.47. The number of halogens is 1. The summed E-state index contributed by atoms with van der Waals surface area (Å²) >= 11 is 0. The van der Waals surface area contributed by atoms with Gasteiger partial charge in [0.05, 0.1) is 5.69 Å². The largest absolute Gasteiger partial charge is 0.340 e. The molecule has 5 heteroatoms. The van der Waals surface area contributed by atoms with Gasteiger partial charge in [-0.25, -0.2) is 9.97 Å². The average Bonchev–Trinajstić information content (AvgIpc) is 2.55. The number of Topliss-reactive ketones (excluding diaryl/α,β-unsaturated/α-hetero) is 1. The zero-order chi connectivity index (χ0) is 17.1. The Morgan fingerprint density at radius 3 is 2.36 bits per heavy atom. The van der Waals surface area contributed by atoms with Crippen LogP contribution in [0.15, 0.2) is 54.6 Å². The van der Waals surface area contributed by atoms with E-state index in [1.807, 2.05) is 31.2 Å². The van der Waals surface area contributed by atoms with E-state index < -0.39 is 0 Å². The fourth-order valence-corrected chi connectivity index (χ4v) is 2.47. The van der Waals surface area contributed by atoms with E-state index in [4.69, 9.17) is 0 Å². The predicted molar refractivity (Wildman–Crippen MR) is 104 cm³/mol. The number of nitrogens with one attached hydrogen (secondary N) is 1. The van der Waals surface area contributed by atoms with E-state index in [0.29, 0.717) is 17.2 Å². The molecule has 3 aromatic rings. The van der Waals surface area contributed by atoms with E-state index in [9.17, 15) is 4.79 Å². The number of aryl methyl sites for hydroxylation is 2. The molecule has 1 N–H and O–H groups in total. The first-order valence-corrected chi connectivity index (χ1v) is 7.82. The Balaban J connectivity index is 0.00000225. The lowest BCUT2D eigenvalue weighted by Gasteiger charge is -2.10. The topological polar surface area (TPSA) is 54.9 Å². The van der Waals surface area contributed by atoms with Crippen LogP contribution in [0.5, 0.6) is 0 Å². The Morgan fingerprint density at radius 1 is 0.960 bits per heavy atom. The molecular weight excluding hydrogens is 334 g/mol. The van der Waals surface area contributed by atoms with Gasteiger partial charge in [0.1, 0.15) is 11.6 Å². The lowest BCUT2D eigenvalue weighted by Crippen LogP contribution is -2.00. The zero-order valence-corrected chi connectivity index (χ0v) is 15.2. The summed E-state index contributed by atoms with van der Waals surface area (Å²) in [5, 5.41) is 3.26. The Morgan fingerprint density at radius 2 is 1.68 bits per heavy atom. The van der Waals surface area contributed by atoms with Crippen molar-refractivity contribution in [2.75, 3.05) is 5.32 Å². The lowest BCUT2D eigenvalue weighted by atomic mass is 10.1. The maximum atomic E-state index is 11.5. The van der Waals surface area contributed by atoms with Crippen LogP contribution >= 0.6 is 12.4 Å². The van der Waals surface area contributed by atoms with Crippen LogP contribution in [-0.4, -0.2) is 15.8 Å². The standard InChI is InChI=1S/C20H19N3O.ClH/c1-13-7-9-16(10-8-13)19-12-20(22-15(3)21-19)23-18-6-4-5-17(11-18)14(2)24;/h4-12H,1-3H3,(H,21,22,23);1H. The Hall–Kier alpha value is -2.72. The van der Waals surface area contributed by atoms with Crippen LogP contribution in [0.25, 0.3) is 11.3 Å². The second-order valence-corrected chi connectivity index (χ2v) is 5.81. The molecule has 0 fully saturated rings. The molecule has 0 aliphatic rings. The highest BCUT2D eigenvalue weighted by Gasteiger charge is 2.06. The highest BCUT2D eigenvalue weighted by Crippen LogP contribution is 2.23. The molecule has 0 amide bonds. The van der Waals surface area contributed by atoms with E-state index >= 15 is 0 Å². The van der Waals surface area contributed by atoms with Crippen LogP contribution in [0.2, 0.25) is 0 Å². The van der Waals surface area contributed by atoms with Crippen LogP contribution in [0, 0.1) is 13.8 Å². The van der Waals surface area contributed by atoms with Gasteiger partial charge in [-0.05, 0) is 32.9 Å². The van der Waals surface area contributed by atoms with E-state index in [1.54, 1.807) is 13.0 Å². The zero-order valence-electron chi connectivity index (χ0n) is 14.4. The van der Waals surface area contributed by atoms with Crippen molar-refractivity contribution in [2.45, 2.75) is 20.8 Å². The molecule has 0 saturated carbocycles. The summed E-state index contributed by atoms with van der Waals surface area (Å²) < 4.78 is 0. The summed E-state index contributed by atoms with van der Waals surface area (Å²) in [7, 11) is 0. The fraction of sp³-hybridized carbons (Fsp3) is 0.150. The Bertz CT molecular complexity index is 892. The first kappa shape index (κ1) is 18.6. The molecule has 0 saturated heterocycles. The molecule has 2 aromatic carbocycles. The highest BCUT2D eigenvalue weighted by atomic mass is 35.5. The molecule has 0 atom stereocenters. The van der Waals surface area contributed by atoms with Gasteiger partial charge in [-0.1, -0.05) is 42.0 Å². The monoisotopic (exact) mass is 353 g/mol. The SMILES string of the molecule is CC(=O)c1cccc(Nc2cc(-c3ccc(C)cc3)nc(C)n2)c1.Cl. The lowest BCUT2D eigenvalue weighted by molar-refractivity contribution is 0.101. The van der Waals surface area contributed by atoms with Crippen LogP contribution < -0.4 is 5.32 Å². The Kier molecular flexibility index (Phi) is 5.88. The first-order valence-electron chi connectivity index (χ1n) is 7.82. The third-order valence-electron chi connectivity index (χ3n) is 3.73. The van der Waals surface area contributed by atoms with Crippen molar-refractivity contribution in [1.82, 2.24) is 9.97 Å². The minimum absolute atomic E-state index is 0. The third-order valence-corrected chi connectivity index (χ3v) is 3.73. The number of carbonyl (C=O) groups excluding carboxylic acids is 1. The second-order valence-electron chi connectivity index (χ2n) is 5.81. The molecule has 0 unspecified atom stereocenters. The number of rotatable bonds is 4. The van der Waals surface area contributed by atoms with Crippen molar-refractivity contribution in [3.05, 3.63) is 71.5 Å². The van der Waals surface area contributed by atoms with Gasteiger partial charge in [0.15, 0.2) is 5.78 Å². The minimum atomic E-state index is 0. The number of nitrogens with zero attached hydrogens (tertiary/aromatic N) is 2. The summed E-state index contributed by atoms with van der Waals surface area (Å²) in [4.78, 5) is 20.5. The van der Waals surface area contributed by atoms with Gasteiger partial charge in [0.2, 0.25) is 0 Å². The van der Waals surface area contributed by atoms with Crippen LogP contribution in [-0.2, 0) is 0 Å². The smallest absolute Gasteiger partial charge is 0.159 e. The van der Waals surface area contributed by atoms with Gasteiger partial charge >= 0.3 is 0 Å². The van der Waals surface area contributed by atoms with Crippen LogP contribution in [0.4, 0.5) is 11.5 Å². The number of anilines is 2. The van der Waals surface area contributed by atoms with Gasteiger partial charge < -0.3 is 5.32 Å². The van der Waals surface area contributed by atoms with Gasteiger partial charge in [0, 0.05) is 22.9 Å². The van der Waals surface area contributed by atoms with Crippen LogP contribution in [0.3, 0.4) is 0 Å². The first-order chi connectivity index (χ1) is 11.5. The summed E-state index contributed by atoms with van der Waals surface area (Å²) in [6.07, 6.45) is 0. The average molecular weight is 354 g/mol. The van der Waals surface area contributed by atoms with E-state index in [0.717, 1.165) is 16.9 Å². The molecular formula is C20H20ClN3O. The third kappa shape index (κ3) is 4.64. The Labute approximate surface area is 153 Å². The van der Waals surface area contributed by atoms with Crippen molar-refractivity contribution in [3.8, 4) is 11.3 Å². The quantitative estimate of drug-likeness (QED) is 0.661. The molecule has 3 rings (SSSR count). The summed E-state index contributed by atoms with van der Waals surface area (Å²) in [6.45, 7) is 5.49. The molecule has 0 bridgehead atoms. The van der Waals surface area contributed by atoms with Crippen molar-refractivity contribution < 1.29 is 4.79 Å². The number of carbonyl (C=O) groups is 1. The number of hydrogen-bond donors (Lipinski definition) is 1. The number of aromatic nitrogens is 2. The van der Waals surface area contributed by atoms with E-state index in [2.05, 4.69) is 46.5 Å². The molecule has 0 aliphatic heterocycles. The van der Waals surface area contributed by atoms with Gasteiger partial charge in [0.25, 0.3) is 0 Å². The van der Waals surface area contributed by atoms with Gasteiger partial charge in [-0.2, -0.15) is 0 Å². The van der Waals surface area contributed by atoms with Crippen molar-refractivity contribution in [1.29, 1.82) is 0 Å². The summed E-state index contributed by atoms with van der Waals surface area (Å²) in [6, 6.07) is 17.5. The normalized spacial score (nSPS) is 10.0. The second kappa shape index (κ2) is 7.90. The molecule has 128 valence electrons. The van der Waals surface area contributed by atoms with Gasteiger partial charge in [-0.3, -0.25) is 4.79 Å². The number of ketones is 1. The summed E-state index contributed by atoms with van der Waals surface area (Å²) in [5.74, 6) is 1.44. The van der Waals surface area contributed by atoms with E-state index in [1.165, 1.54) is 5.56 Å².